The highest BCUT2D eigenvalue weighted by atomic mass is 16.2. The zero-order chi connectivity index (χ0) is 15.0. The fourth-order valence-electron chi connectivity index (χ4n) is 2.12. The third-order valence-electron chi connectivity index (χ3n) is 3.41. The Balaban J connectivity index is 2.93. The lowest BCUT2D eigenvalue weighted by Gasteiger charge is -2.15. The van der Waals surface area contributed by atoms with Gasteiger partial charge in [-0.25, -0.2) is 0 Å². The Hall–Kier alpha value is -1.79. The summed E-state index contributed by atoms with van der Waals surface area (Å²) < 4.78 is 0. The molecule has 0 aromatic heterocycles. The number of carbonyl (C=O) groups is 1. The van der Waals surface area contributed by atoms with Crippen molar-refractivity contribution in [1.29, 1.82) is 0 Å². The first-order valence-corrected chi connectivity index (χ1v) is 7.19. The van der Waals surface area contributed by atoms with Crippen LogP contribution in [0.5, 0.6) is 0 Å². The maximum Gasteiger partial charge on any atom is 0.227 e. The predicted molar refractivity (Wildman–Crippen MR) is 82.5 cm³/mol. The van der Waals surface area contributed by atoms with Crippen molar-refractivity contribution < 1.29 is 9.90 Å². The Labute approximate surface area is 121 Å². The van der Waals surface area contributed by atoms with E-state index in [0.29, 0.717) is 0 Å². The van der Waals surface area contributed by atoms with Gasteiger partial charge in [0.1, 0.15) is 6.61 Å². The van der Waals surface area contributed by atoms with Crippen molar-refractivity contribution in [1.82, 2.24) is 0 Å². The molecule has 0 atom stereocenters. The smallest absolute Gasteiger partial charge is 0.227 e. The van der Waals surface area contributed by atoms with Crippen molar-refractivity contribution in [3.05, 3.63) is 29.3 Å². The standard InChI is InChI=1S/C17H23NO2/c1-4-14(5-2)17(20)18-16-10-9-13(8-7-11-19)12-15(16)6-3/h9-10,12,14,19H,4-6,11H2,1-3H3,(H,18,20). The summed E-state index contributed by atoms with van der Waals surface area (Å²) in [6, 6.07) is 5.72. The number of rotatable bonds is 5. The van der Waals surface area contributed by atoms with Crippen LogP contribution in [0.3, 0.4) is 0 Å². The SMILES string of the molecule is CCc1cc(C#CCO)ccc1NC(=O)C(CC)CC. The van der Waals surface area contributed by atoms with Crippen LogP contribution >= 0.6 is 0 Å². The second-order valence-electron chi connectivity index (χ2n) is 4.69. The van der Waals surface area contributed by atoms with Gasteiger partial charge in [0.2, 0.25) is 5.91 Å². The van der Waals surface area contributed by atoms with Crippen LogP contribution < -0.4 is 5.32 Å². The van der Waals surface area contributed by atoms with Crippen molar-refractivity contribution in [3.8, 4) is 11.8 Å². The summed E-state index contributed by atoms with van der Waals surface area (Å²) in [6.07, 6.45) is 2.53. The molecule has 1 aromatic carbocycles. The van der Waals surface area contributed by atoms with E-state index in [1.54, 1.807) is 0 Å². The van der Waals surface area contributed by atoms with Gasteiger partial charge in [0.05, 0.1) is 0 Å². The number of amides is 1. The van der Waals surface area contributed by atoms with Gasteiger partial charge < -0.3 is 10.4 Å². The van der Waals surface area contributed by atoms with E-state index in [1.165, 1.54) is 0 Å². The quantitative estimate of drug-likeness (QED) is 0.810. The first-order chi connectivity index (χ1) is 9.65. The highest BCUT2D eigenvalue weighted by molar-refractivity contribution is 5.93. The minimum absolute atomic E-state index is 0.0635. The molecule has 0 bridgehead atoms. The molecule has 2 N–H and O–H groups in total. The average Bonchev–Trinajstić information content (AvgIpc) is 2.47. The molecule has 20 heavy (non-hydrogen) atoms. The Morgan fingerprint density at radius 3 is 2.55 bits per heavy atom. The van der Waals surface area contributed by atoms with E-state index in [-0.39, 0.29) is 18.4 Å². The normalized spacial score (nSPS) is 10.1. The average molecular weight is 273 g/mol. The van der Waals surface area contributed by atoms with Crippen LogP contribution in [0.25, 0.3) is 0 Å². The maximum atomic E-state index is 12.1. The van der Waals surface area contributed by atoms with Gasteiger partial charge in [-0.05, 0) is 43.0 Å². The molecule has 0 heterocycles. The van der Waals surface area contributed by atoms with Crippen LogP contribution in [0.4, 0.5) is 5.69 Å². The van der Waals surface area contributed by atoms with E-state index in [0.717, 1.165) is 36.1 Å². The molecular formula is C17H23NO2. The first-order valence-electron chi connectivity index (χ1n) is 7.19. The van der Waals surface area contributed by atoms with Gasteiger partial charge in [-0.2, -0.15) is 0 Å². The van der Waals surface area contributed by atoms with Gasteiger partial charge in [0.25, 0.3) is 0 Å². The van der Waals surface area contributed by atoms with Gasteiger partial charge in [-0.15, -0.1) is 0 Å². The summed E-state index contributed by atoms with van der Waals surface area (Å²) in [5.74, 6) is 5.66. The lowest BCUT2D eigenvalue weighted by molar-refractivity contribution is -0.120. The Morgan fingerprint density at radius 2 is 2.00 bits per heavy atom. The zero-order valence-corrected chi connectivity index (χ0v) is 12.5. The number of aryl methyl sites for hydroxylation is 1. The second kappa shape index (κ2) is 8.39. The summed E-state index contributed by atoms with van der Waals surface area (Å²) >= 11 is 0. The summed E-state index contributed by atoms with van der Waals surface area (Å²) in [5, 5.41) is 11.7. The Bertz CT molecular complexity index is 507. The molecule has 1 rings (SSSR count). The van der Waals surface area contributed by atoms with Gasteiger partial charge in [0, 0.05) is 17.2 Å². The molecule has 1 amide bonds. The lowest BCUT2D eigenvalue weighted by Crippen LogP contribution is -2.22. The molecule has 0 saturated carbocycles. The molecule has 3 nitrogen and oxygen atoms in total. The van der Waals surface area contributed by atoms with Crippen molar-refractivity contribution in [2.24, 2.45) is 5.92 Å². The molecule has 0 aliphatic carbocycles. The number of aliphatic hydroxyl groups excluding tert-OH is 1. The first kappa shape index (κ1) is 16.3. The minimum Gasteiger partial charge on any atom is -0.384 e. The largest absolute Gasteiger partial charge is 0.384 e. The van der Waals surface area contributed by atoms with Crippen molar-refractivity contribution in [2.75, 3.05) is 11.9 Å². The van der Waals surface area contributed by atoms with Crippen molar-refractivity contribution in [3.63, 3.8) is 0 Å². The number of nitrogens with one attached hydrogen (secondary N) is 1. The van der Waals surface area contributed by atoms with E-state index in [4.69, 9.17) is 5.11 Å². The van der Waals surface area contributed by atoms with Gasteiger partial charge in [-0.1, -0.05) is 32.6 Å². The zero-order valence-electron chi connectivity index (χ0n) is 12.5. The topological polar surface area (TPSA) is 49.3 Å². The number of benzene rings is 1. The molecule has 3 heteroatoms. The van der Waals surface area contributed by atoms with E-state index < -0.39 is 0 Å². The monoisotopic (exact) mass is 273 g/mol. The van der Waals surface area contributed by atoms with Crippen LogP contribution in [0.2, 0.25) is 0 Å². The number of aliphatic hydroxyl groups is 1. The summed E-state index contributed by atoms with van der Waals surface area (Å²) in [6.45, 7) is 5.96. The van der Waals surface area contributed by atoms with Crippen LogP contribution in [-0.2, 0) is 11.2 Å². The van der Waals surface area contributed by atoms with Crippen molar-refractivity contribution >= 4 is 11.6 Å². The van der Waals surface area contributed by atoms with Gasteiger partial charge >= 0.3 is 0 Å². The molecule has 108 valence electrons. The summed E-state index contributed by atoms with van der Waals surface area (Å²) in [5.41, 5.74) is 2.78. The Kier molecular flexibility index (Phi) is 6.83. The molecular weight excluding hydrogens is 250 g/mol. The van der Waals surface area contributed by atoms with E-state index in [1.807, 2.05) is 39.0 Å². The van der Waals surface area contributed by atoms with Crippen LogP contribution in [0.1, 0.15) is 44.7 Å². The van der Waals surface area contributed by atoms with Crippen LogP contribution in [-0.4, -0.2) is 17.6 Å². The molecule has 0 spiro atoms. The van der Waals surface area contributed by atoms with E-state index in [2.05, 4.69) is 17.2 Å². The molecule has 0 saturated heterocycles. The third-order valence-corrected chi connectivity index (χ3v) is 3.41. The molecule has 0 aliphatic heterocycles. The van der Waals surface area contributed by atoms with E-state index >= 15 is 0 Å². The third kappa shape index (κ3) is 4.40. The molecule has 0 unspecified atom stereocenters. The number of hydrogen-bond acceptors (Lipinski definition) is 2. The maximum absolute atomic E-state index is 12.1. The highest BCUT2D eigenvalue weighted by Gasteiger charge is 2.15. The number of carbonyl (C=O) groups excluding carboxylic acids is 1. The molecule has 0 fully saturated rings. The highest BCUT2D eigenvalue weighted by Crippen LogP contribution is 2.20. The number of anilines is 1. The van der Waals surface area contributed by atoms with Gasteiger partial charge in [0.15, 0.2) is 0 Å². The predicted octanol–water partition coefficient (Wildman–Crippen LogP) is 2.97. The molecule has 1 aromatic rings. The molecule has 0 aliphatic rings. The fraction of sp³-hybridized carbons (Fsp3) is 0.471. The second-order valence-corrected chi connectivity index (χ2v) is 4.69. The van der Waals surface area contributed by atoms with Crippen LogP contribution in [0, 0.1) is 17.8 Å². The van der Waals surface area contributed by atoms with Gasteiger partial charge in [-0.3, -0.25) is 4.79 Å². The number of hydrogen-bond donors (Lipinski definition) is 2. The van der Waals surface area contributed by atoms with Crippen molar-refractivity contribution in [2.45, 2.75) is 40.0 Å². The summed E-state index contributed by atoms with van der Waals surface area (Å²) in [7, 11) is 0. The van der Waals surface area contributed by atoms with E-state index in [9.17, 15) is 4.79 Å². The lowest BCUT2D eigenvalue weighted by atomic mass is 10.0. The van der Waals surface area contributed by atoms with Crippen LogP contribution in [0.15, 0.2) is 18.2 Å². The summed E-state index contributed by atoms with van der Waals surface area (Å²) in [4.78, 5) is 12.1. The Morgan fingerprint density at radius 1 is 1.30 bits per heavy atom. The fourth-order valence-corrected chi connectivity index (χ4v) is 2.12. The minimum atomic E-state index is -0.144. The molecule has 0 radical (unpaired) electrons.